The summed E-state index contributed by atoms with van der Waals surface area (Å²) in [7, 11) is 0. The van der Waals surface area contributed by atoms with Gasteiger partial charge >= 0.3 is 0 Å². The molecule has 36 heavy (non-hydrogen) atoms. The van der Waals surface area contributed by atoms with Crippen LogP contribution < -0.4 is 11.0 Å². The molecule has 0 bridgehead atoms. The summed E-state index contributed by atoms with van der Waals surface area (Å²) < 4.78 is 1.56. The van der Waals surface area contributed by atoms with Crippen LogP contribution in [0.4, 0.5) is 0 Å². The molecule has 2 aromatic carbocycles. The molecule has 184 valence electrons. The van der Waals surface area contributed by atoms with Crippen LogP contribution in [0.15, 0.2) is 57.5 Å². The number of halogens is 3. The van der Waals surface area contributed by atoms with Crippen molar-refractivity contribution < 1.29 is 4.79 Å². The first kappa shape index (κ1) is 25.3. The summed E-state index contributed by atoms with van der Waals surface area (Å²) in [6.45, 7) is 1.76. The van der Waals surface area contributed by atoms with Gasteiger partial charge in [-0.1, -0.05) is 52.6 Å². The van der Waals surface area contributed by atoms with Crippen LogP contribution in [0.2, 0.25) is 15.1 Å². The second kappa shape index (κ2) is 10.6. The van der Waals surface area contributed by atoms with E-state index in [9.17, 15) is 9.59 Å². The summed E-state index contributed by atoms with van der Waals surface area (Å²) in [5.74, 6) is -0.306. The normalized spacial score (nSPS) is 13.3. The Balaban J connectivity index is 1.41. The number of aromatic nitrogens is 2. The largest absolute Gasteiger partial charge is 0.272 e. The topological polar surface area (TPSA) is 76.3 Å². The Morgan fingerprint density at radius 1 is 1.14 bits per heavy atom. The van der Waals surface area contributed by atoms with Crippen molar-refractivity contribution in [2.75, 3.05) is 5.75 Å². The molecule has 0 atom stereocenters. The molecule has 1 N–H and O–H groups in total. The molecule has 4 aromatic rings. The molecule has 2 heterocycles. The zero-order valence-electron chi connectivity index (χ0n) is 19.0. The maximum absolute atomic E-state index is 13.7. The average molecular weight is 578 g/mol. The molecule has 5 rings (SSSR count). The Hall–Kier alpha value is -2.36. The molecule has 1 amide bonds. The second-order valence-corrected chi connectivity index (χ2v) is 11.5. The van der Waals surface area contributed by atoms with Crippen LogP contribution >= 0.6 is 57.9 Å². The smallest absolute Gasteiger partial charge is 0.267 e. The van der Waals surface area contributed by atoms with Gasteiger partial charge in [-0.3, -0.25) is 14.2 Å². The highest BCUT2D eigenvalue weighted by Crippen LogP contribution is 2.36. The van der Waals surface area contributed by atoms with Crippen LogP contribution in [0, 0.1) is 0 Å². The van der Waals surface area contributed by atoms with Gasteiger partial charge < -0.3 is 0 Å². The molecule has 0 saturated heterocycles. The van der Waals surface area contributed by atoms with E-state index in [1.54, 1.807) is 65.3 Å². The molecule has 1 aliphatic rings. The molecule has 0 radical (unpaired) electrons. The number of amides is 1. The summed E-state index contributed by atoms with van der Waals surface area (Å²) in [4.78, 5) is 33.0. The SMILES string of the molecule is CC(=NNC(=O)CSc1nc2sc3c(c2c(=O)n1-c1ccc(Cl)cc1)CCC3)c1ccc(Cl)c(Cl)c1. The molecule has 1 aliphatic carbocycles. The van der Waals surface area contributed by atoms with Crippen LogP contribution in [0.3, 0.4) is 0 Å². The Bertz CT molecular complexity index is 1580. The first-order chi connectivity index (χ1) is 17.3. The lowest BCUT2D eigenvalue weighted by molar-refractivity contribution is -0.118. The van der Waals surface area contributed by atoms with Crippen molar-refractivity contribution in [1.82, 2.24) is 15.0 Å². The maximum Gasteiger partial charge on any atom is 0.267 e. The minimum atomic E-state index is -0.329. The first-order valence-corrected chi connectivity index (χ1v) is 14.0. The average Bonchev–Trinajstić information content (AvgIpc) is 3.45. The molecule has 2 aromatic heterocycles. The number of fused-ring (bicyclic) bond motifs is 3. The number of thioether (sulfide) groups is 1. The van der Waals surface area contributed by atoms with Crippen molar-refractivity contribution in [2.45, 2.75) is 31.3 Å². The lowest BCUT2D eigenvalue weighted by Gasteiger charge is -2.12. The molecule has 6 nitrogen and oxygen atoms in total. The number of hydrogen-bond donors (Lipinski definition) is 1. The van der Waals surface area contributed by atoms with Gasteiger partial charge in [0, 0.05) is 9.90 Å². The molecule has 11 heteroatoms. The lowest BCUT2D eigenvalue weighted by Crippen LogP contribution is -2.24. The maximum atomic E-state index is 13.7. The number of hydrogen-bond acceptors (Lipinski definition) is 6. The number of carbonyl (C=O) groups excluding carboxylic acids is 1. The highest BCUT2D eigenvalue weighted by molar-refractivity contribution is 7.99. The summed E-state index contributed by atoms with van der Waals surface area (Å²) in [6, 6.07) is 12.1. The fourth-order valence-electron chi connectivity index (χ4n) is 4.03. The highest BCUT2D eigenvalue weighted by atomic mass is 35.5. The first-order valence-electron chi connectivity index (χ1n) is 11.1. The van der Waals surface area contributed by atoms with Gasteiger partial charge in [-0.05, 0) is 73.7 Å². The van der Waals surface area contributed by atoms with E-state index in [4.69, 9.17) is 39.8 Å². The van der Waals surface area contributed by atoms with E-state index in [0.717, 1.165) is 30.4 Å². The van der Waals surface area contributed by atoms with E-state index in [1.165, 1.54) is 16.6 Å². The zero-order valence-corrected chi connectivity index (χ0v) is 22.9. The van der Waals surface area contributed by atoms with Crippen LogP contribution in [0.5, 0.6) is 0 Å². The van der Waals surface area contributed by atoms with Gasteiger partial charge in [0.15, 0.2) is 5.16 Å². The van der Waals surface area contributed by atoms with Crippen molar-refractivity contribution in [3.8, 4) is 5.69 Å². The van der Waals surface area contributed by atoms with Crippen molar-refractivity contribution in [3.05, 3.63) is 83.9 Å². The van der Waals surface area contributed by atoms with Crippen molar-refractivity contribution >= 4 is 79.7 Å². The minimum absolute atomic E-state index is 0.0226. The Morgan fingerprint density at radius 2 is 1.92 bits per heavy atom. The molecular formula is C25H19Cl3N4O2S2. The number of aryl methyl sites for hydroxylation is 2. The van der Waals surface area contributed by atoms with E-state index in [-0.39, 0.29) is 17.2 Å². The number of nitrogens with one attached hydrogen (secondary N) is 1. The summed E-state index contributed by atoms with van der Waals surface area (Å²) in [6.07, 6.45) is 2.91. The lowest BCUT2D eigenvalue weighted by atomic mass is 10.1. The van der Waals surface area contributed by atoms with Gasteiger partial charge in [-0.25, -0.2) is 10.4 Å². The molecule has 0 saturated carbocycles. The zero-order chi connectivity index (χ0) is 25.4. The van der Waals surface area contributed by atoms with Gasteiger partial charge in [0.25, 0.3) is 11.5 Å². The Labute approximate surface area is 230 Å². The third-order valence-electron chi connectivity index (χ3n) is 5.81. The van der Waals surface area contributed by atoms with Gasteiger partial charge in [0.1, 0.15) is 4.83 Å². The molecule has 0 fully saturated rings. The van der Waals surface area contributed by atoms with Gasteiger partial charge in [-0.2, -0.15) is 5.10 Å². The predicted octanol–water partition coefficient (Wildman–Crippen LogP) is 6.53. The van der Waals surface area contributed by atoms with Gasteiger partial charge in [-0.15, -0.1) is 11.3 Å². The standard InChI is InChI=1S/C25H19Cl3N4O2S2/c1-13(14-5-10-18(27)19(28)11-14)30-31-21(33)12-35-25-29-23-22(17-3-2-4-20(17)36-23)24(34)32(25)16-8-6-15(26)7-9-16/h5-11H,2-4,12H2,1H3,(H,31,33). The van der Waals surface area contributed by atoms with Gasteiger partial charge in [0.05, 0.1) is 32.6 Å². The second-order valence-electron chi connectivity index (χ2n) is 8.20. The van der Waals surface area contributed by atoms with Crippen LogP contribution in [-0.4, -0.2) is 26.9 Å². The minimum Gasteiger partial charge on any atom is -0.272 e. The summed E-state index contributed by atoms with van der Waals surface area (Å²) >= 11 is 20.9. The molecular weight excluding hydrogens is 559 g/mol. The van der Waals surface area contributed by atoms with Crippen molar-refractivity contribution in [2.24, 2.45) is 5.10 Å². The molecule has 0 spiro atoms. The number of nitrogens with zero attached hydrogens (tertiary/aromatic N) is 3. The number of carbonyl (C=O) groups is 1. The van der Waals surface area contributed by atoms with Crippen molar-refractivity contribution in [1.29, 1.82) is 0 Å². The van der Waals surface area contributed by atoms with E-state index >= 15 is 0 Å². The fraction of sp³-hybridized carbons (Fsp3) is 0.200. The summed E-state index contributed by atoms with van der Waals surface area (Å²) in [5.41, 5.74) is 5.51. The Morgan fingerprint density at radius 3 is 2.67 bits per heavy atom. The third kappa shape index (κ3) is 5.06. The van der Waals surface area contributed by atoms with Crippen LogP contribution in [-0.2, 0) is 17.6 Å². The molecule has 0 aliphatic heterocycles. The number of hydrazone groups is 1. The monoisotopic (exact) mass is 576 g/mol. The number of thiophene rings is 1. The number of benzene rings is 2. The number of rotatable bonds is 6. The molecule has 0 unspecified atom stereocenters. The van der Waals surface area contributed by atoms with E-state index in [2.05, 4.69) is 10.5 Å². The highest BCUT2D eigenvalue weighted by Gasteiger charge is 2.24. The van der Waals surface area contributed by atoms with Crippen LogP contribution in [0.1, 0.15) is 29.3 Å². The van der Waals surface area contributed by atoms with Crippen LogP contribution in [0.25, 0.3) is 15.9 Å². The van der Waals surface area contributed by atoms with Gasteiger partial charge in [0.2, 0.25) is 0 Å². The van der Waals surface area contributed by atoms with E-state index in [0.29, 0.717) is 41.8 Å². The Kier molecular flexibility index (Phi) is 7.42. The van der Waals surface area contributed by atoms with E-state index < -0.39 is 0 Å². The fourth-order valence-corrected chi connectivity index (χ4v) is 6.57. The van der Waals surface area contributed by atoms with E-state index in [1.807, 2.05) is 0 Å². The third-order valence-corrected chi connectivity index (χ3v) is 8.93. The predicted molar refractivity (Wildman–Crippen MR) is 150 cm³/mol. The quantitative estimate of drug-likeness (QED) is 0.122. The summed E-state index contributed by atoms with van der Waals surface area (Å²) in [5, 5.41) is 6.71. The van der Waals surface area contributed by atoms with Crippen molar-refractivity contribution in [3.63, 3.8) is 0 Å².